The van der Waals surface area contributed by atoms with E-state index in [0.29, 0.717) is 11.8 Å². The summed E-state index contributed by atoms with van der Waals surface area (Å²) in [6.45, 7) is 3.26. The van der Waals surface area contributed by atoms with Gasteiger partial charge in [0.05, 0.1) is 0 Å². The maximum absolute atomic E-state index is 9.76. The van der Waals surface area contributed by atoms with E-state index in [9.17, 15) is 5.11 Å². The molecule has 0 atom stereocenters. The van der Waals surface area contributed by atoms with Gasteiger partial charge in [-0.3, -0.25) is 0 Å². The zero-order chi connectivity index (χ0) is 14.9. The van der Waals surface area contributed by atoms with E-state index in [1.807, 2.05) is 12.1 Å². The molecule has 0 bridgehead atoms. The highest BCUT2D eigenvalue weighted by molar-refractivity contribution is 5.51. The lowest BCUT2D eigenvalue weighted by Crippen LogP contribution is -2.37. The van der Waals surface area contributed by atoms with E-state index in [4.69, 9.17) is 0 Å². The van der Waals surface area contributed by atoms with Gasteiger partial charge in [0.2, 0.25) is 0 Å². The molecule has 1 aromatic carbocycles. The molecule has 0 heterocycles. The van der Waals surface area contributed by atoms with Crippen LogP contribution in [0.25, 0.3) is 0 Å². The molecule has 2 nitrogen and oxygen atoms in total. The van der Waals surface area contributed by atoms with Crippen LogP contribution in [-0.2, 0) is 0 Å². The number of phenolic OH excluding ortho intramolecular Hbond substituents is 1. The van der Waals surface area contributed by atoms with Crippen LogP contribution in [0, 0.1) is 0 Å². The van der Waals surface area contributed by atoms with Crippen LogP contribution in [0.4, 0.5) is 5.69 Å². The van der Waals surface area contributed by atoms with E-state index in [1.165, 1.54) is 44.2 Å². The molecule has 1 aliphatic carbocycles. The fourth-order valence-electron chi connectivity index (χ4n) is 3.25. The minimum Gasteiger partial charge on any atom is -0.508 e. The first kappa shape index (κ1) is 15.9. The Morgan fingerprint density at radius 1 is 1.19 bits per heavy atom. The Morgan fingerprint density at radius 3 is 2.71 bits per heavy atom. The number of rotatable bonds is 7. The second-order valence-corrected chi connectivity index (χ2v) is 6.03. The zero-order valence-electron chi connectivity index (χ0n) is 13.3. The van der Waals surface area contributed by atoms with Crippen LogP contribution in [0.5, 0.6) is 5.75 Å². The van der Waals surface area contributed by atoms with Crippen molar-refractivity contribution < 1.29 is 5.11 Å². The Balaban J connectivity index is 2.01. The highest BCUT2D eigenvalue weighted by Crippen LogP contribution is 2.29. The second kappa shape index (κ2) is 8.76. The van der Waals surface area contributed by atoms with Gasteiger partial charge in [-0.1, -0.05) is 44.4 Å². The summed E-state index contributed by atoms with van der Waals surface area (Å²) in [5.74, 6) is 0.374. The largest absolute Gasteiger partial charge is 0.508 e. The minimum absolute atomic E-state index is 0.374. The van der Waals surface area contributed by atoms with Crippen LogP contribution in [0.2, 0.25) is 0 Å². The molecule has 2 heteroatoms. The third kappa shape index (κ3) is 5.11. The van der Waals surface area contributed by atoms with Crippen LogP contribution in [0.3, 0.4) is 0 Å². The summed E-state index contributed by atoms with van der Waals surface area (Å²) in [4.78, 5) is 2.53. The third-order valence-corrected chi connectivity index (χ3v) is 4.35. The summed E-state index contributed by atoms with van der Waals surface area (Å²) in [6.07, 6.45) is 14.6. The predicted octanol–water partition coefficient (Wildman–Crippen LogP) is 5.28. The number of aromatic hydroxyl groups is 1. The second-order valence-electron chi connectivity index (χ2n) is 6.03. The smallest absolute Gasteiger partial charge is 0.117 e. The molecule has 116 valence electrons. The van der Waals surface area contributed by atoms with Crippen molar-refractivity contribution in [2.45, 2.75) is 64.3 Å². The summed E-state index contributed by atoms with van der Waals surface area (Å²) in [7, 11) is 0. The van der Waals surface area contributed by atoms with Crippen molar-refractivity contribution in [3.05, 3.63) is 36.4 Å². The van der Waals surface area contributed by atoms with Crippen molar-refractivity contribution in [2.75, 3.05) is 11.4 Å². The van der Waals surface area contributed by atoms with Gasteiger partial charge in [0.25, 0.3) is 0 Å². The van der Waals surface area contributed by atoms with Crippen molar-refractivity contribution in [2.24, 2.45) is 0 Å². The molecule has 0 aromatic heterocycles. The number of benzene rings is 1. The molecular weight excluding hydrogens is 258 g/mol. The first-order valence-corrected chi connectivity index (χ1v) is 8.52. The number of nitrogens with zero attached hydrogens (tertiary/aromatic N) is 1. The monoisotopic (exact) mass is 287 g/mol. The predicted molar refractivity (Wildman–Crippen MR) is 91.0 cm³/mol. The third-order valence-electron chi connectivity index (χ3n) is 4.35. The maximum Gasteiger partial charge on any atom is 0.117 e. The molecule has 0 unspecified atom stereocenters. The molecule has 0 spiro atoms. The number of hydrogen-bond acceptors (Lipinski definition) is 2. The molecule has 21 heavy (non-hydrogen) atoms. The molecule has 2 rings (SSSR count). The van der Waals surface area contributed by atoms with E-state index in [1.54, 1.807) is 6.07 Å². The molecule has 0 aliphatic heterocycles. The van der Waals surface area contributed by atoms with Crippen LogP contribution >= 0.6 is 0 Å². The lowest BCUT2D eigenvalue weighted by atomic mass is 9.93. The summed E-state index contributed by atoms with van der Waals surface area (Å²) in [5.41, 5.74) is 1.18. The number of phenols is 1. The van der Waals surface area contributed by atoms with Gasteiger partial charge in [0, 0.05) is 24.3 Å². The number of anilines is 1. The van der Waals surface area contributed by atoms with Gasteiger partial charge in [0.1, 0.15) is 5.75 Å². The average Bonchev–Trinajstić information content (AvgIpc) is 2.52. The molecule has 1 saturated carbocycles. The average molecular weight is 287 g/mol. The van der Waals surface area contributed by atoms with Gasteiger partial charge in [0.15, 0.2) is 0 Å². The number of unbranched alkanes of at least 4 members (excludes halogenated alkanes) is 1. The summed E-state index contributed by atoms with van der Waals surface area (Å²) in [5, 5.41) is 9.76. The Hall–Kier alpha value is -1.44. The van der Waals surface area contributed by atoms with Crippen LogP contribution in [0.15, 0.2) is 36.4 Å². The standard InChI is InChI=1S/C19H29NO/c1-2-3-4-5-9-15-20(17-11-7-6-8-12-17)18-13-10-14-19(21)16-18/h3-4,10,13-14,16-17,21H,2,5-9,11-12,15H2,1H3. The van der Waals surface area contributed by atoms with E-state index in [2.05, 4.69) is 30.0 Å². The molecule has 0 radical (unpaired) electrons. The van der Waals surface area contributed by atoms with Crippen molar-refractivity contribution in [3.63, 3.8) is 0 Å². The number of hydrogen-bond donors (Lipinski definition) is 1. The first-order valence-electron chi connectivity index (χ1n) is 8.52. The Morgan fingerprint density at radius 2 is 2.00 bits per heavy atom. The van der Waals surface area contributed by atoms with Crippen molar-refractivity contribution in [1.29, 1.82) is 0 Å². The topological polar surface area (TPSA) is 23.5 Å². The van der Waals surface area contributed by atoms with Crippen molar-refractivity contribution in [3.8, 4) is 5.75 Å². The van der Waals surface area contributed by atoms with Gasteiger partial charge < -0.3 is 10.0 Å². The van der Waals surface area contributed by atoms with E-state index >= 15 is 0 Å². The molecule has 0 amide bonds. The molecule has 1 fully saturated rings. The molecule has 1 N–H and O–H groups in total. The van der Waals surface area contributed by atoms with Gasteiger partial charge in [-0.05, 0) is 44.2 Å². The van der Waals surface area contributed by atoms with E-state index < -0.39 is 0 Å². The maximum atomic E-state index is 9.76. The summed E-state index contributed by atoms with van der Waals surface area (Å²) < 4.78 is 0. The Labute approximate surface area is 129 Å². The molecular formula is C19H29NO. The quantitative estimate of drug-likeness (QED) is 0.545. The van der Waals surface area contributed by atoms with Gasteiger partial charge in [-0.25, -0.2) is 0 Å². The van der Waals surface area contributed by atoms with Crippen molar-refractivity contribution in [1.82, 2.24) is 0 Å². The molecule has 1 aliphatic rings. The van der Waals surface area contributed by atoms with Crippen LogP contribution in [0.1, 0.15) is 58.3 Å². The minimum atomic E-state index is 0.374. The van der Waals surface area contributed by atoms with Crippen molar-refractivity contribution >= 4 is 5.69 Å². The number of allylic oxidation sites excluding steroid dienone is 2. The molecule has 1 aromatic rings. The Bertz CT molecular complexity index is 435. The highest BCUT2D eigenvalue weighted by Gasteiger charge is 2.21. The highest BCUT2D eigenvalue weighted by atomic mass is 16.3. The molecule has 0 saturated heterocycles. The normalized spacial score (nSPS) is 16.4. The fourth-order valence-corrected chi connectivity index (χ4v) is 3.25. The van der Waals surface area contributed by atoms with E-state index in [-0.39, 0.29) is 0 Å². The fraction of sp³-hybridized carbons (Fsp3) is 0.579. The van der Waals surface area contributed by atoms with Gasteiger partial charge >= 0.3 is 0 Å². The summed E-state index contributed by atoms with van der Waals surface area (Å²) in [6, 6.07) is 8.41. The lowest BCUT2D eigenvalue weighted by Gasteiger charge is -2.36. The Kier molecular flexibility index (Phi) is 6.65. The van der Waals surface area contributed by atoms with Crippen LogP contribution in [-0.4, -0.2) is 17.7 Å². The van der Waals surface area contributed by atoms with E-state index in [0.717, 1.165) is 19.4 Å². The van der Waals surface area contributed by atoms with Gasteiger partial charge in [-0.15, -0.1) is 0 Å². The SMILES string of the molecule is CCC=CCCCN(c1cccc(O)c1)C1CCCCC1. The first-order chi connectivity index (χ1) is 10.3. The zero-order valence-corrected chi connectivity index (χ0v) is 13.3. The summed E-state index contributed by atoms with van der Waals surface area (Å²) >= 11 is 0. The van der Waals surface area contributed by atoms with Crippen LogP contribution < -0.4 is 4.90 Å². The lowest BCUT2D eigenvalue weighted by molar-refractivity contribution is 0.412. The van der Waals surface area contributed by atoms with Gasteiger partial charge in [-0.2, -0.15) is 0 Å².